The second-order valence-electron chi connectivity index (χ2n) is 1.74. The molecule has 0 radical (unpaired) electrons. The molecular formula is C6H8FN3. The van der Waals surface area contributed by atoms with E-state index in [1.165, 1.54) is 6.20 Å². The minimum atomic E-state index is -0.616. The highest BCUT2D eigenvalue weighted by Gasteiger charge is 1.94. The van der Waals surface area contributed by atoms with Gasteiger partial charge in [-0.15, -0.1) is 0 Å². The predicted molar refractivity (Wildman–Crippen MR) is 36.4 cm³/mol. The van der Waals surface area contributed by atoms with Gasteiger partial charge >= 0.3 is 0 Å². The molecule has 1 aromatic rings. The smallest absolute Gasteiger partial charge is 0.161 e. The maximum absolute atomic E-state index is 11.9. The van der Waals surface area contributed by atoms with Crippen LogP contribution in [0.25, 0.3) is 0 Å². The molecule has 0 bridgehead atoms. The van der Waals surface area contributed by atoms with Crippen LogP contribution < -0.4 is 5.32 Å². The monoisotopic (exact) mass is 141 g/mol. The van der Waals surface area contributed by atoms with E-state index in [0.717, 1.165) is 0 Å². The van der Waals surface area contributed by atoms with Gasteiger partial charge in [-0.25, -0.2) is 14.4 Å². The molecule has 0 fully saturated rings. The first-order valence-corrected chi connectivity index (χ1v) is 2.92. The number of hydrogen-bond donors (Lipinski definition) is 1. The molecule has 0 aliphatic heterocycles. The Morgan fingerprint density at radius 2 is 2.50 bits per heavy atom. The van der Waals surface area contributed by atoms with Crippen LogP contribution in [0.5, 0.6) is 0 Å². The number of hydrogen-bond acceptors (Lipinski definition) is 3. The second kappa shape index (κ2) is 3.10. The summed E-state index contributed by atoms with van der Waals surface area (Å²) in [6.45, 7) is -0.616. The Morgan fingerprint density at radius 1 is 1.70 bits per heavy atom. The van der Waals surface area contributed by atoms with Crippen molar-refractivity contribution in [3.63, 3.8) is 0 Å². The van der Waals surface area contributed by atoms with E-state index in [4.69, 9.17) is 0 Å². The molecule has 1 aromatic heterocycles. The number of rotatable bonds is 2. The van der Waals surface area contributed by atoms with E-state index in [9.17, 15) is 4.39 Å². The lowest BCUT2D eigenvalue weighted by Crippen LogP contribution is -1.96. The average molecular weight is 141 g/mol. The fourth-order valence-corrected chi connectivity index (χ4v) is 0.603. The number of anilines is 1. The van der Waals surface area contributed by atoms with E-state index in [1.807, 2.05) is 0 Å². The Balaban J connectivity index is 2.87. The van der Waals surface area contributed by atoms with Gasteiger partial charge in [0.1, 0.15) is 12.5 Å². The Morgan fingerprint density at radius 3 is 3.10 bits per heavy atom. The molecule has 10 heavy (non-hydrogen) atoms. The number of halogens is 1. The predicted octanol–water partition coefficient (Wildman–Crippen LogP) is 0.988. The zero-order valence-corrected chi connectivity index (χ0v) is 5.63. The van der Waals surface area contributed by atoms with Crippen LogP contribution in [0.4, 0.5) is 10.2 Å². The summed E-state index contributed by atoms with van der Waals surface area (Å²) in [4.78, 5) is 7.49. The van der Waals surface area contributed by atoms with Crippen LogP contribution in [-0.4, -0.2) is 17.0 Å². The van der Waals surface area contributed by atoms with Gasteiger partial charge in [0.05, 0.1) is 0 Å². The quantitative estimate of drug-likeness (QED) is 0.667. The Bertz CT molecular complexity index is 195. The van der Waals surface area contributed by atoms with Gasteiger partial charge in [-0.1, -0.05) is 0 Å². The summed E-state index contributed by atoms with van der Waals surface area (Å²) in [5.41, 5.74) is 0. The minimum absolute atomic E-state index is 0.215. The van der Waals surface area contributed by atoms with E-state index in [1.54, 1.807) is 13.1 Å². The standard InChI is InChI=1S/C6H8FN3/c1-8-5-2-3-9-6(4-7)10-5/h2-3H,4H2,1H3,(H,8,9,10). The Labute approximate surface area is 58.3 Å². The van der Waals surface area contributed by atoms with Crippen LogP contribution in [0.3, 0.4) is 0 Å². The van der Waals surface area contributed by atoms with E-state index in [-0.39, 0.29) is 5.82 Å². The van der Waals surface area contributed by atoms with Crippen molar-refractivity contribution in [1.29, 1.82) is 0 Å². The molecule has 0 spiro atoms. The first-order chi connectivity index (χ1) is 4.86. The van der Waals surface area contributed by atoms with Crippen molar-refractivity contribution in [2.24, 2.45) is 0 Å². The van der Waals surface area contributed by atoms with Crippen LogP contribution in [0.1, 0.15) is 5.82 Å². The highest BCUT2D eigenvalue weighted by atomic mass is 19.1. The van der Waals surface area contributed by atoms with Gasteiger partial charge in [-0.05, 0) is 6.07 Å². The van der Waals surface area contributed by atoms with E-state index in [0.29, 0.717) is 5.82 Å². The molecule has 0 amide bonds. The van der Waals surface area contributed by atoms with Crippen molar-refractivity contribution in [2.45, 2.75) is 6.67 Å². The van der Waals surface area contributed by atoms with Gasteiger partial charge in [-0.3, -0.25) is 0 Å². The summed E-state index contributed by atoms with van der Waals surface area (Å²) in [7, 11) is 1.73. The third kappa shape index (κ3) is 1.40. The normalized spacial score (nSPS) is 9.40. The van der Waals surface area contributed by atoms with Crippen molar-refractivity contribution in [3.8, 4) is 0 Å². The number of aromatic nitrogens is 2. The second-order valence-corrected chi connectivity index (χ2v) is 1.74. The zero-order chi connectivity index (χ0) is 7.40. The van der Waals surface area contributed by atoms with E-state index in [2.05, 4.69) is 15.3 Å². The molecule has 54 valence electrons. The minimum Gasteiger partial charge on any atom is -0.373 e. The molecule has 0 aromatic carbocycles. The molecule has 1 heterocycles. The molecular weight excluding hydrogens is 133 g/mol. The zero-order valence-electron chi connectivity index (χ0n) is 5.63. The first-order valence-electron chi connectivity index (χ1n) is 2.92. The Hall–Kier alpha value is -1.19. The average Bonchev–Trinajstić information content (AvgIpc) is 2.05. The molecule has 0 aliphatic rings. The summed E-state index contributed by atoms with van der Waals surface area (Å²) >= 11 is 0. The van der Waals surface area contributed by atoms with Crippen molar-refractivity contribution in [3.05, 3.63) is 18.1 Å². The van der Waals surface area contributed by atoms with Crippen LogP contribution in [0.2, 0.25) is 0 Å². The van der Waals surface area contributed by atoms with Gasteiger partial charge in [0, 0.05) is 13.2 Å². The highest BCUT2D eigenvalue weighted by molar-refractivity contribution is 5.31. The summed E-state index contributed by atoms with van der Waals surface area (Å²) in [6.07, 6.45) is 1.52. The maximum atomic E-state index is 11.9. The molecule has 0 unspecified atom stereocenters. The lowest BCUT2D eigenvalue weighted by atomic mass is 10.5. The molecule has 1 rings (SSSR count). The van der Waals surface area contributed by atoms with Crippen LogP contribution in [0.15, 0.2) is 12.3 Å². The summed E-state index contributed by atoms with van der Waals surface area (Å²) < 4.78 is 11.9. The highest BCUT2D eigenvalue weighted by Crippen LogP contribution is 2.00. The van der Waals surface area contributed by atoms with Gasteiger partial charge in [-0.2, -0.15) is 0 Å². The van der Waals surface area contributed by atoms with Crippen LogP contribution in [0, 0.1) is 0 Å². The number of alkyl halides is 1. The first kappa shape index (κ1) is 6.92. The van der Waals surface area contributed by atoms with Crippen LogP contribution >= 0.6 is 0 Å². The van der Waals surface area contributed by atoms with Gasteiger partial charge in [0.2, 0.25) is 0 Å². The fourth-order valence-electron chi connectivity index (χ4n) is 0.603. The third-order valence-corrected chi connectivity index (χ3v) is 1.08. The van der Waals surface area contributed by atoms with Gasteiger partial charge < -0.3 is 5.32 Å². The van der Waals surface area contributed by atoms with E-state index >= 15 is 0 Å². The van der Waals surface area contributed by atoms with Crippen molar-refractivity contribution in [2.75, 3.05) is 12.4 Å². The number of nitrogens with zero attached hydrogens (tertiary/aromatic N) is 2. The fraction of sp³-hybridized carbons (Fsp3) is 0.333. The molecule has 4 heteroatoms. The Kier molecular flexibility index (Phi) is 2.15. The maximum Gasteiger partial charge on any atom is 0.161 e. The summed E-state index contributed by atoms with van der Waals surface area (Å²) in [5.74, 6) is 0.856. The summed E-state index contributed by atoms with van der Waals surface area (Å²) in [6, 6.07) is 1.68. The molecule has 0 saturated heterocycles. The number of nitrogens with one attached hydrogen (secondary N) is 1. The molecule has 0 atom stereocenters. The van der Waals surface area contributed by atoms with Gasteiger partial charge in [0.25, 0.3) is 0 Å². The van der Waals surface area contributed by atoms with Gasteiger partial charge in [0.15, 0.2) is 5.82 Å². The van der Waals surface area contributed by atoms with E-state index < -0.39 is 6.67 Å². The largest absolute Gasteiger partial charge is 0.373 e. The molecule has 3 nitrogen and oxygen atoms in total. The molecule has 0 aliphatic carbocycles. The molecule has 0 saturated carbocycles. The lowest BCUT2D eigenvalue weighted by molar-refractivity contribution is 0.465. The van der Waals surface area contributed by atoms with Crippen molar-refractivity contribution < 1.29 is 4.39 Å². The SMILES string of the molecule is CNc1ccnc(CF)n1. The molecule has 1 N–H and O–H groups in total. The summed E-state index contributed by atoms with van der Waals surface area (Å²) in [5, 5.41) is 2.78. The van der Waals surface area contributed by atoms with Crippen LogP contribution in [-0.2, 0) is 6.67 Å². The van der Waals surface area contributed by atoms with Crippen molar-refractivity contribution in [1.82, 2.24) is 9.97 Å². The lowest BCUT2D eigenvalue weighted by Gasteiger charge is -1.97. The third-order valence-electron chi connectivity index (χ3n) is 1.08. The topological polar surface area (TPSA) is 37.8 Å². The van der Waals surface area contributed by atoms with Crippen molar-refractivity contribution >= 4 is 5.82 Å².